The number of hydrogen-bond acceptors (Lipinski definition) is 5. The molecule has 5 nitrogen and oxygen atoms in total. The van der Waals surface area contributed by atoms with E-state index in [-0.39, 0.29) is 12.5 Å². The van der Waals surface area contributed by atoms with E-state index in [2.05, 4.69) is 24.1 Å². The number of nitrogens with two attached hydrogens (primary N) is 1. The van der Waals surface area contributed by atoms with Crippen molar-refractivity contribution in [2.24, 2.45) is 5.73 Å². The molecule has 0 saturated carbocycles. The summed E-state index contributed by atoms with van der Waals surface area (Å²) < 4.78 is 5.16. The van der Waals surface area contributed by atoms with E-state index in [1.807, 2.05) is 5.38 Å². The van der Waals surface area contributed by atoms with Crippen molar-refractivity contribution in [1.29, 1.82) is 0 Å². The smallest absolute Gasteiger partial charge is 0.248 e. The molecule has 3 N–H and O–H groups in total. The third-order valence-corrected chi connectivity index (χ3v) is 3.61. The van der Waals surface area contributed by atoms with Crippen molar-refractivity contribution in [3.8, 4) is 0 Å². The van der Waals surface area contributed by atoms with Crippen LogP contribution in [0.1, 0.15) is 31.9 Å². The maximum absolute atomic E-state index is 12.0. The predicted molar refractivity (Wildman–Crippen MR) is 67.2 cm³/mol. The molecule has 94 valence electrons. The highest BCUT2D eigenvalue weighted by Crippen LogP contribution is 2.23. The maximum atomic E-state index is 12.0. The zero-order chi connectivity index (χ0) is 12.5. The van der Waals surface area contributed by atoms with Gasteiger partial charge in [0, 0.05) is 12.0 Å². The van der Waals surface area contributed by atoms with Gasteiger partial charge < -0.3 is 15.8 Å². The minimum Gasteiger partial charge on any atom is -0.379 e. The van der Waals surface area contributed by atoms with Gasteiger partial charge >= 0.3 is 0 Å². The highest BCUT2D eigenvalue weighted by atomic mass is 32.1. The molecule has 2 rings (SSSR count). The second kappa shape index (κ2) is 4.72. The number of carbonyl (C=O) groups excluding carboxylic acids is 1. The first kappa shape index (κ1) is 12.5. The van der Waals surface area contributed by atoms with Crippen LogP contribution in [0.5, 0.6) is 0 Å². The monoisotopic (exact) mass is 255 g/mol. The molecule has 1 saturated heterocycles. The molecule has 0 aromatic carbocycles. The van der Waals surface area contributed by atoms with E-state index in [0.717, 1.165) is 5.69 Å². The van der Waals surface area contributed by atoms with Crippen molar-refractivity contribution in [3.05, 3.63) is 11.1 Å². The second-order valence-corrected chi connectivity index (χ2v) is 5.50. The van der Waals surface area contributed by atoms with Gasteiger partial charge in [-0.25, -0.2) is 4.98 Å². The zero-order valence-electron chi connectivity index (χ0n) is 10.0. The summed E-state index contributed by atoms with van der Waals surface area (Å²) in [6, 6.07) is 0. The van der Waals surface area contributed by atoms with Crippen molar-refractivity contribution in [3.63, 3.8) is 0 Å². The molecule has 0 spiro atoms. The van der Waals surface area contributed by atoms with Crippen molar-refractivity contribution < 1.29 is 9.53 Å². The van der Waals surface area contributed by atoms with Crippen molar-refractivity contribution in [1.82, 2.24) is 4.98 Å². The first-order chi connectivity index (χ1) is 8.01. The molecule has 1 fully saturated rings. The number of rotatable bonds is 3. The second-order valence-electron chi connectivity index (χ2n) is 4.65. The van der Waals surface area contributed by atoms with Crippen molar-refractivity contribution in [2.75, 3.05) is 18.5 Å². The van der Waals surface area contributed by atoms with Gasteiger partial charge in [0.15, 0.2) is 5.13 Å². The number of carbonyl (C=O) groups is 1. The standard InChI is InChI=1S/C11H17N3O2S/c1-7(2)8-5-17-10(13-8)14-9(15)11(12)3-4-16-6-11/h5,7H,3-4,6,12H2,1-2H3,(H,13,14,15). The normalized spacial score (nSPS) is 24.2. The molecule has 17 heavy (non-hydrogen) atoms. The van der Waals surface area contributed by atoms with Crippen LogP contribution in [0.15, 0.2) is 5.38 Å². The molecule has 1 atom stereocenters. The number of amides is 1. The molecule has 2 heterocycles. The van der Waals surface area contributed by atoms with Gasteiger partial charge in [0.1, 0.15) is 5.54 Å². The molecule has 1 aliphatic rings. The lowest BCUT2D eigenvalue weighted by atomic mass is 10.00. The van der Waals surface area contributed by atoms with Crippen LogP contribution in [0.25, 0.3) is 0 Å². The fourth-order valence-electron chi connectivity index (χ4n) is 1.59. The number of ether oxygens (including phenoxy) is 1. The molecular weight excluding hydrogens is 238 g/mol. The van der Waals surface area contributed by atoms with Crippen LogP contribution < -0.4 is 11.1 Å². The Morgan fingerprint density at radius 1 is 1.71 bits per heavy atom. The van der Waals surface area contributed by atoms with Crippen LogP contribution >= 0.6 is 11.3 Å². The average Bonchev–Trinajstić information content (AvgIpc) is 2.88. The summed E-state index contributed by atoms with van der Waals surface area (Å²) >= 11 is 1.42. The van der Waals surface area contributed by atoms with Crippen molar-refractivity contribution in [2.45, 2.75) is 31.7 Å². The topological polar surface area (TPSA) is 77.2 Å². The van der Waals surface area contributed by atoms with E-state index in [4.69, 9.17) is 10.5 Å². The minimum absolute atomic E-state index is 0.209. The molecule has 1 unspecified atom stereocenters. The quantitative estimate of drug-likeness (QED) is 0.854. The largest absolute Gasteiger partial charge is 0.379 e. The van der Waals surface area contributed by atoms with Crippen LogP contribution in [-0.2, 0) is 9.53 Å². The Morgan fingerprint density at radius 2 is 2.47 bits per heavy atom. The van der Waals surface area contributed by atoms with Crippen LogP contribution in [0.4, 0.5) is 5.13 Å². The number of thiazole rings is 1. The number of nitrogens with zero attached hydrogens (tertiary/aromatic N) is 1. The number of anilines is 1. The lowest BCUT2D eigenvalue weighted by Crippen LogP contribution is -2.51. The van der Waals surface area contributed by atoms with Gasteiger partial charge in [-0.15, -0.1) is 11.3 Å². The molecule has 0 radical (unpaired) electrons. The highest BCUT2D eigenvalue weighted by molar-refractivity contribution is 7.13. The maximum Gasteiger partial charge on any atom is 0.248 e. The Bertz CT molecular complexity index is 411. The molecular formula is C11H17N3O2S. The molecule has 1 aliphatic heterocycles. The van der Waals surface area contributed by atoms with E-state index in [1.165, 1.54) is 11.3 Å². The fraction of sp³-hybridized carbons (Fsp3) is 0.636. The third kappa shape index (κ3) is 2.65. The first-order valence-electron chi connectivity index (χ1n) is 5.65. The van der Waals surface area contributed by atoms with E-state index in [9.17, 15) is 4.79 Å². The third-order valence-electron chi connectivity index (χ3n) is 2.84. The fourth-order valence-corrected chi connectivity index (χ4v) is 2.46. The van der Waals surface area contributed by atoms with E-state index in [1.54, 1.807) is 0 Å². The van der Waals surface area contributed by atoms with Crippen LogP contribution in [0.2, 0.25) is 0 Å². The Morgan fingerprint density at radius 3 is 3.00 bits per heavy atom. The first-order valence-corrected chi connectivity index (χ1v) is 6.53. The van der Waals surface area contributed by atoms with Crippen LogP contribution in [-0.4, -0.2) is 29.6 Å². The Kier molecular flexibility index (Phi) is 3.46. The van der Waals surface area contributed by atoms with E-state index in [0.29, 0.717) is 24.1 Å². The molecule has 6 heteroatoms. The van der Waals surface area contributed by atoms with Crippen molar-refractivity contribution >= 4 is 22.4 Å². The summed E-state index contributed by atoms with van der Waals surface area (Å²) in [7, 11) is 0. The number of hydrogen-bond donors (Lipinski definition) is 2. The molecule has 1 amide bonds. The van der Waals surface area contributed by atoms with Gasteiger partial charge in [0.2, 0.25) is 5.91 Å². The lowest BCUT2D eigenvalue weighted by molar-refractivity contribution is -0.121. The van der Waals surface area contributed by atoms with Gasteiger partial charge in [-0.2, -0.15) is 0 Å². The summed E-state index contributed by atoms with van der Waals surface area (Å²) in [6.45, 7) is 4.95. The van der Waals surface area contributed by atoms with Crippen LogP contribution in [0.3, 0.4) is 0 Å². The molecule has 0 bridgehead atoms. The van der Waals surface area contributed by atoms with Gasteiger partial charge in [-0.3, -0.25) is 4.79 Å². The summed E-state index contributed by atoms with van der Waals surface area (Å²) in [5, 5.41) is 5.32. The van der Waals surface area contributed by atoms with Gasteiger partial charge in [-0.05, 0) is 12.3 Å². The Hall–Kier alpha value is -0.980. The number of nitrogens with one attached hydrogen (secondary N) is 1. The van der Waals surface area contributed by atoms with Gasteiger partial charge in [0.05, 0.1) is 12.3 Å². The van der Waals surface area contributed by atoms with Gasteiger partial charge in [0.25, 0.3) is 0 Å². The molecule has 1 aromatic heterocycles. The van der Waals surface area contributed by atoms with Gasteiger partial charge in [-0.1, -0.05) is 13.8 Å². The summed E-state index contributed by atoms with van der Waals surface area (Å²) in [5.74, 6) is 0.151. The summed E-state index contributed by atoms with van der Waals surface area (Å²) in [4.78, 5) is 16.3. The summed E-state index contributed by atoms with van der Waals surface area (Å²) in [5.41, 5.74) is 6.04. The van der Waals surface area contributed by atoms with E-state index < -0.39 is 5.54 Å². The average molecular weight is 255 g/mol. The van der Waals surface area contributed by atoms with Crippen LogP contribution in [0, 0.1) is 0 Å². The highest BCUT2D eigenvalue weighted by Gasteiger charge is 2.38. The molecule has 0 aliphatic carbocycles. The Balaban J connectivity index is 2.02. The lowest BCUT2D eigenvalue weighted by Gasteiger charge is -2.19. The Labute approximate surface area is 104 Å². The molecule has 1 aromatic rings. The minimum atomic E-state index is -0.899. The number of aromatic nitrogens is 1. The predicted octanol–water partition coefficient (Wildman–Crippen LogP) is 1.32. The summed E-state index contributed by atoms with van der Waals surface area (Å²) in [6.07, 6.45) is 0.557. The zero-order valence-corrected chi connectivity index (χ0v) is 10.8. The SMILES string of the molecule is CC(C)c1csc(NC(=O)C2(N)CCOC2)n1. The van der Waals surface area contributed by atoms with E-state index >= 15 is 0 Å².